The lowest BCUT2D eigenvalue weighted by Gasteiger charge is -2.20. The molecular weight excluding hydrogens is 224 g/mol. The maximum Gasteiger partial charge on any atom is 0.237 e. The molecule has 0 aliphatic heterocycles. The van der Waals surface area contributed by atoms with Crippen molar-refractivity contribution in [1.29, 1.82) is 0 Å². The summed E-state index contributed by atoms with van der Waals surface area (Å²) in [5.74, 6) is 0.691. The highest BCUT2D eigenvalue weighted by Gasteiger charge is 2.20. The number of hydrogen-bond donors (Lipinski definition) is 2. The summed E-state index contributed by atoms with van der Waals surface area (Å²) in [7, 11) is -0.805. The van der Waals surface area contributed by atoms with Gasteiger partial charge in [0.2, 0.25) is 5.91 Å². The Morgan fingerprint density at radius 1 is 1.44 bits per heavy atom. The highest BCUT2D eigenvalue weighted by molar-refractivity contribution is 7.84. The van der Waals surface area contributed by atoms with Crippen molar-refractivity contribution in [3.05, 3.63) is 0 Å². The van der Waals surface area contributed by atoms with Crippen molar-refractivity contribution >= 4 is 16.7 Å². The molecular formula is C11H24N2O2S. The number of amides is 1. The fraction of sp³-hybridized carbons (Fsp3) is 0.909. The topological polar surface area (TPSA) is 72.2 Å². The van der Waals surface area contributed by atoms with E-state index in [4.69, 9.17) is 5.73 Å². The Morgan fingerprint density at radius 3 is 2.44 bits per heavy atom. The summed E-state index contributed by atoms with van der Waals surface area (Å²) in [6, 6.07) is -0.411. The van der Waals surface area contributed by atoms with Crippen LogP contribution >= 0.6 is 0 Å². The van der Waals surface area contributed by atoms with Crippen molar-refractivity contribution in [2.75, 3.05) is 12.0 Å². The van der Waals surface area contributed by atoms with Crippen LogP contribution in [-0.2, 0) is 15.6 Å². The first-order chi connectivity index (χ1) is 7.38. The zero-order valence-corrected chi connectivity index (χ0v) is 11.5. The van der Waals surface area contributed by atoms with Gasteiger partial charge < -0.3 is 11.1 Å². The third-order valence-corrected chi connectivity index (χ3v) is 3.60. The summed E-state index contributed by atoms with van der Waals surface area (Å²) in [6.45, 7) is 5.89. The summed E-state index contributed by atoms with van der Waals surface area (Å²) in [4.78, 5) is 11.7. The molecule has 0 aromatic carbocycles. The molecule has 1 amide bonds. The molecule has 0 radical (unpaired) electrons. The van der Waals surface area contributed by atoms with Crippen LogP contribution < -0.4 is 11.1 Å². The SMILES string of the molecule is CCC(C)C(N)C(=O)NC(C)CCS(C)=O. The van der Waals surface area contributed by atoms with E-state index in [1.165, 1.54) is 0 Å². The van der Waals surface area contributed by atoms with Crippen LogP contribution in [0.25, 0.3) is 0 Å². The molecule has 0 spiro atoms. The van der Waals surface area contributed by atoms with E-state index >= 15 is 0 Å². The second-order valence-corrected chi connectivity index (χ2v) is 5.94. The quantitative estimate of drug-likeness (QED) is 0.694. The van der Waals surface area contributed by atoms with E-state index in [1.54, 1.807) is 6.26 Å². The van der Waals surface area contributed by atoms with E-state index in [9.17, 15) is 9.00 Å². The van der Waals surface area contributed by atoms with E-state index < -0.39 is 16.8 Å². The van der Waals surface area contributed by atoms with Crippen LogP contribution in [0.15, 0.2) is 0 Å². The first-order valence-electron chi connectivity index (χ1n) is 5.74. The summed E-state index contributed by atoms with van der Waals surface area (Å²) >= 11 is 0. The number of hydrogen-bond acceptors (Lipinski definition) is 3. The number of nitrogens with two attached hydrogens (primary N) is 1. The number of carbonyl (C=O) groups excluding carboxylic acids is 1. The molecule has 0 aliphatic carbocycles. The highest BCUT2D eigenvalue weighted by Crippen LogP contribution is 2.05. The average Bonchev–Trinajstić information content (AvgIpc) is 2.24. The predicted octanol–water partition coefficient (Wildman–Crippen LogP) is 0.633. The van der Waals surface area contributed by atoms with Gasteiger partial charge in [0.1, 0.15) is 0 Å². The van der Waals surface area contributed by atoms with Crippen molar-refractivity contribution in [3.63, 3.8) is 0 Å². The van der Waals surface area contributed by atoms with E-state index in [0.29, 0.717) is 5.75 Å². The Hall–Kier alpha value is -0.420. The van der Waals surface area contributed by atoms with Gasteiger partial charge >= 0.3 is 0 Å². The lowest BCUT2D eigenvalue weighted by atomic mass is 9.99. The minimum Gasteiger partial charge on any atom is -0.352 e. The van der Waals surface area contributed by atoms with Crippen LogP contribution in [-0.4, -0.2) is 34.2 Å². The molecule has 4 nitrogen and oxygen atoms in total. The van der Waals surface area contributed by atoms with Crippen LogP contribution in [0.2, 0.25) is 0 Å². The molecule has 0 heterocycles. The highest BCUT2D eigenvalue weighted by atomic mass is 32.2. The Kier molecular flexibility index (Phi) is 7.58. The van der Waals surface area contributed by atoms with E-state index in [-0.39, 0.29) is 17.9 Å². The fourth-order valence-corrected chi connectivity index (χ4v) is 1.95. The minimum absolute atomic E-state index is 0.0338. The van der Waals surface area contributed by atoms with Crippen LogP contribution in [0.5, 0.6) is 0 Å². The zero-order chi connectivity index (χ0) is 12.7. The molecule has 96 valence electrons. The van der Waals surface area contributed by atoms with Gasteiger partial charge in [-0.15, -0.1) is 0 Å². The van der Waals surface area contributed by atoms with Crippen LogP contribution in [0.1, 0.15) is 33.6 Å². The maximum absolute atomic E-state index is 11.7. The van der Waals surface area contributed by atoms with Gasteiger partial charge in [-0.2, -0.15) is 0 Å². The molecule has 5 heteroatoms. The van der Waals surface area contributed by atoms with Gasteiger partial charge in [-0.3, -0.25) is 9.00 Å². The summed E-state index contributed by atoms with van der Waals surface area (Å²) in [5.41, 5.74) is 5.80. The second-order valence-electron chi connectivity index (χ2n) is 4.39. The second kappa shape index (κ2) is 7.79. The van der Waals surface area contributed by atoms with Crippen molar-refractivity contribution in [1.82, 2.24) is 5.32 Å². The smallest absolute Gasteiger partial charge is 0.237 e. The van der Waals surface area contributed by atoms with Gasteiger partial charge in [-0.25, -0.2) is 0 Å². The van der Waals surface area contributed by atoms with Gasteiger partial charge in [0.15, 0.2) is 0 Å². The summed E-state index contributed by atoms with van der Waals surface area (Å²) < 4.78 is 10.9. The predicted molar refractivity (Wildman–Crippen MR) is 68.6 cm³/mol. The fourth-order valence-electron chi connectivity index (χ4n) is 1.27. The number of rotatable bonds is 7. The maximum atomic E-state index is 11.7. The molecule has 0 saturated carbocycles. The lowest BCUT2D eigenvalue weighted by Crippen LogP contribution is -2.47. The third-order valence-electron chi connectivity index (χ3n) is 2.79. The van der Waals surface area contributed by atoms with Gasteiger partial charge in [0.25, 0.3) is 0 Å². The molecule has 0 saturated heterocycles. The first kappa shape index (κ1) is 15.6. The number of carbonyl (C=O) groups is 1. The van der Waals surface area contributed by atoms with Gasteiger partial charge in [0.05, 0.1) is 6.04 Å². The summed E-state index contributed by atoms with van der Waals surface area (Å²) in [5, 5.41) is 2.85. The van der Waals surface area contributed by atoms with Gasteiger partial charge in [0, 0.05) is 28.9 Å². The lowest BCUT2D eigenvalue weighted by molar-refractivity contribution is -0.124. The molecule has 4 unspecified atom stereocenters. The molecule has 0 aliphatic rings. The Balaban J connectivity index is 3.98. The molecule has 0 bridgehead atoms. The Labute approximate surface area is 101 Å². The monoisotopic (exact) mass is 248 g/mol. The largest absolute Gasteiger partial charge is 0.352 e. The van der Waals surface area contributed by atoms with E-state index in [2.05, 4.69) is 5.32 Å². The van der Waals surface area contributed by atoms with Gasteiger partial charge in [-0.1, -0.05) is 20.3 Å². The average molecular weight is 248 g/mol. The Bertz CT molecular complexity index is 246. The molecule has 0 aromatic heterocycles. The zero-order valence-electron chi connectivity index (χ0n) is 10.7. The first-order valence-corrected chi connectivity index (χ1v) is 7.47. The van der Waals surface area contributed by atoms with E-state index in [1.807, 2.05) is 20.8 Å². The Morgan fingerprint density at radius 2 is 2.00 bits per heavy atom. The summed E-state index contributed by atoms with van der Waals surface area (Å²) in [6.07, 6.45) is 3.28. The van der Waals surface area contributed by atoms with Crippen LogP contribution in [0.4, 0.5) is 0 Å². The minimum atomic E-state index is -0.805. The van der Waals surface area contributed by atoms with E-state index in [0.717, 1.165) is 12.8 Å². The molecule has 0 aromatic rings. The molecule has 0 rings (SSSR count). The van der Waals surface area contributed by atoms with Crippen molar-refractivity contribution in [2.24, 2.45) is 11.7 Å². The number of nitrogens with one attached hydrogen (secondary N) is 1. The molecule has 0 fully saturated rings. The molecule has 4 atom stereocenters. The normalized spacial score (nSPS) is 18.6. The van der Waals surface area contributed by atoms with Crippen molar-refractivity contribution in [3.8, 4) is 0 Å². The molecule has 3 N–H and O–H groups in total. The van der Waals surface area contributed by atoms with Gasteiger partial charge in [-0.05, 0) is 19.3 Å². The van der Waals surface area contributed by atoms with Crippen LogP contribution in [0, 0.1) is 5.92 Å². The van der Waals surface area contributed by atoms with Crippen molar-refractivity contribution < 1.29 is 9.00 Å². The standard InChI is InChI=1S/C11H24N2O2S/c1-5-8(2)10(12)11(14)13-9(3)6-7-16(4)15/h8-10H,5-7,12H2,1-4H3,(H,13,14). The third kappa shape index (κ3) is 6.23. The van der Waals surface area contributed by atoms with Crippen LogP contribution in [0.3, 0.4) is 0 Å². The van der Waals surface area contributed by atoms with Crippen molar-refractivity contribution in [2.45, 2.75) is 45.7 Å². The molecule has 16 heavy (non-hydrogen) atoms.